The maximum absolute atomic E-state index is 11.7. The minimum Gasteiger partial charge on any atom is -0.467 e. The molecule has 1 aliphatic rings. The number of amides is 2. The van der Waals surface area contributed by atoms with Gasteiger partial charge in [-0.1, -0.05) is 0 Å². The molecule has 0 spiro atoms. The van der Waals surface area contributed by atoms with Crippen molar-refractivity contribution >= 4 is 29.5 Å². The van der Waals surface area contributed by atoms with Crippen molar-refractivity contribution in [2.45, 2.75) is 25.4 Å². The van der Waals surface area contributed by atoms with Crippen molar-refractivity contribution in [3.8, 4) is 0 Å². The number of rotatable bonds is 4. The van der Waals surface area contributed by atoms with Crippen molar-refractivity contribution in [3.05, 3.63) is 0 Å². The first-order valence-corrected chi connectivity index (χ1v) is 7.04. The van der Waals surface area contributed by atoms with Crippen LogP contribution in [0.4, 0.5) is 0 Å². The van der Waals surface area contributed by atoms with Crippen molar-refractivity contribution in [2.24, 2.45) is 0 Å². The predicted octanol–water partition coefficient (Wildman–Crippen LogP) is -0.372. The second-order valence-corrected chi connectivity index (χ2v) is 4.94. The summed E-state index contributed by atoms with van der Waals surface area (Å²) in [6.45, 7) is 1.86. The molecule has 1 aliphatic heterocycles. The van der Waals surface area contributed by atoms with Gasteiger partial charge in [-0.05, 0) is 12.7 Å². The number of nitrogens with zero attached hydrogens (tertiary/aromatic N) is 1. The Kier molecular flexibility index (Phi) is 5.46. The van der Waals surface area contributed by atoms with E-state index < -0.39 is 12.0 Å². The van der Waals surface area contributed by atoms with Crippen LogP contribution in [-0.4, -0.2) is 60.4 Å². The summed E-state index contributed by atoms with van der Waals surface area (Å²) in [5, 5.41) is 2.78. The third-order valence-corrected chi connectivity index (χ3v) is 3.42. The van der Waals surface area contributed by atoms with Gasteiger partial charge in [0.2, 0.25) is 11.8 Å². The zero-order valence-electron chi connectivity index (χ0n) is 10.8. The molecule has 0 saturated carbocycles. The van der Waals surface area contributed by atoms with Crippen LogP contribution in [0.5, 0.6) is 0 Å². The summed E-state index contributed by atoms with van der Waals surface area (Å²) in [6.07, 6.45) is 2.40. The molecule has 102 valence electrons. The topological polar surface area (TPSA) is 75.7 Å². The average molecular weight is 274 g/mol. The van der Waals surface area contributed by atoms with Crippen LogP contribution in [0.3, 0.4) is 0 Å². The van der Waals surface area contributed by atoms with Crippen molar-refractivity contribution in [1.29, 1.82) is 0 Å². The van der Waals surface area contributed by atoms with E-state index >= 15 is 0 Å². The number of carbonyl (C=O) groups excluding carboxylic acids is 3. The van der Waals surface area contributed by atoms with E-state index in [1.54, 1.807) is 0 Å². The molecule has 0 aromatic rings. The van der Waals surface area contributed by atoms with E-state index in [-0.39, 0.29) is 17.9 Å². The van der Waals surface area contributed by atoms with Gasteiger partial charge in [-0.2, -0.15) is 11.8 Å². The third-order valence-electron chi connectivity index (χ3n) is 2.87. The molecule has 0 radical (unpaired) electrons. The van der Waals surface area contributed by atoms with E-state index in [4.69, 9.17) is 4.74 Å². The lowest BCUT2D eigenvalue weighted by atomic mass is 10.1. The molecule has 2 atom stereocenters. The standard InChI is InChI=1S/C11H18N2O4S/c1-7(14)13-5-4-8(10(13)11(16)17-2)12-9(15)6-18-3/h8,10H,4-6H2,1-3H3,(H,12,15). The Balaban J connectivity index is 2.75. The van der Waals surface area contributed by atoms with E-state index in [1.807, 2.05) is 6.26 Å². The Morgan fingerprint density at radius 3 is 2.61 bits per heavy atom. The summed E-state index contributed by atoms with van der Waals surface area (Å²) >= 11 is 1.41. The number of methoxy groups -OCH3 is 1. The van der Waals surface area contributed by atoms with Gasteiger partial charge in [0.05, 0.1) is 18.9 Å². The highest BCUT2D eigenvalue weighted by Gasteiger charge is 2.42. The summed E-state index contributed by atoms with van der Waals surface area (Å²) in [5.41, 5.74) is 0. The molecule has 0 aromatic heterocycles. The van der Waals surface area contributed by atoms with E-state index in [1.165, 1.54) is 30.7 Å². The van der Waals surface area contributed by atoms with Crippen LogP contribution in [-0.2, 0) is 19.1 Å². The lowest BCUT2D eigenvalue weighted by Crippen LogP contribution is -2.51. The SMILES string of the molecule is COC(=O)C1C(NC(=O)CSC)CCN1C(C)=O. The minimum atomic E-state index is -0.710. The molecule has 6 nitrogen and oxygen atoms in total. The summed E-state index contributed by atoms with van der Waals surface area (Å²) in [6, 6.07) is -1.07. The van der Waals surface area contributed by atoms with E-state index in [0.717, 1.165) is 0 Å². The third kappa shape index (κ3) is 3.38. The molecule has 0 bridgehead atoms. The number of nitrogens with one attached hydrogen (secondary N) is 1. The number of ether oxygens (including phenoxy) is 1. The van der Waals surface area contributed by atoms with Gasteiger partial charge in [-0.15, -0.1) is 0 Å². The molecule has 2 amide bonds. The molecular weight excluding hydrogens is 256 g/mol. The quantitative estimate of drug-likeness (QED) is 0.708. The molecule has 2 unspecified atom stereocenters. The molecule has 1 fully saturated rings. The molecule has 18 heavy (non-hydrogen) atoms. The van der Waals surface area contributed by atoms with E-state index in [0.29, 0.717) is 18.7 Å². The van der Waals surface area contributed by atoms with Crippen LogP contribution in [0.2, 0.25) is 0 Å². The second kappa shape index (κ2) is 6.63. The van der Waals surface area contributed by atoms with Crippen LogP contribution in [0.15, 0.2) is 0 Å². The predicted molar refractivity (Wildman–Crippen MR) is 68.1 cm³/mol. The number of carbonyl (C=O) groups is 3. The van der Waals surface area contributed by atoms with Crippen LogP contribution < -0.4 is 5.32 Å². The molecular formula is C11H18N2O4S. The lowest BCUT2D eigenvalue weighted by molar-refractivity contribution is -0.151. The largest absolute Gasteiger partial charge is 0.467 e. The summed E-state index contributed by atoms with van der Waals surface area (Å²) < 4.78 is 4.70. The average Bonchev–Trinajstić information content (AvgIpc) is 2.72. The van der Waals surface area contributed by atoms with Crippen LogP contribution >= 0.6 is 11.8 Å². The normalized spacial score (nSPS) is 22.7. The molecule has 0 aromatic carbocycles. The summed E-state index contributed by atoms with van der Waals surface area (Å²) in [4.78, 5) is 36.1. The Hall–Kier alpha value is -1.24. The number of thioether (sulfide) groups is 1. The van der Waals surface area contributed by atoms with Crippen molar-refractivity contribution in [1.82, 2.24) is 10.2 Å². The molecule has 0 aliphatic carbocycles. The zero-order chi connectivity index (χ0) is 13.7. The van der Waals surface area contributed by atoms with Crippen LogP contribution in [0, 0.1) is 0 Å². The second-order valence-electron chi connectivity index (χ2n) is 4.08. The molecule has 1 saturated heterocycles. The Bertz CT molecular complexity index is 348. The first-order valence-electron chi connectivity index (χ1n) is 5.64. The molecule has 1 heterocycles. The molecule has 1 N–H and O–H groups in total. The molecule has 1 rings (SSSR count). The van der Waals surface area contributed by atoms with Crippen molar-refractivity contribution in [3.63, 3.8) is 0 Å². The Morgan fingerprint density at radius 1 is 1.44 bits per heavy atom. The first kappa shape index (κ1) is 14.8. The minimum absolute atomic E-state index is 0.133. The number of hydrogen-bond acceptors (Lipinski definition) is 5. The smallest absolute Gasteiger partial charge is 0.330 e. The molecule has 7 heteroatoms. The van der Waals surface area contributed by atoms with Gasteiger partial charge in [0.1, 0.15) is 6.04 Å². The van der Waals surface area contributed by atoms with Gasteiger partial charge < -0.3 is 15.0 Å². The number of hydrogen-bond donors (Lipinski definition) is 1. The highest BCUT2D eigenvalue weighted by molar-refractivity contribution is 7.99. The van der Waals surface area contributed by atoms with Gasteiger partial charge in [0, 0.05) is 13.5 Å². The van der Waals surface area contributed by atoms with Crippen molar-refractivity contribution in [2.75, 3.05) is 25.7 Å². The monoisotopic (exact) mass is 274 g/mol. The van der Waals surface area contributed by atoms with Gasteiger partial charge in [0.15, 0.2) is 0 Å². The van der Waals surface area contributed by atoms with E-state index in [2.05, 4.69) is 5.32 Å². The highest BCUT2D eigenvalue weighted by atomic mass is 32.2. The summed E-state index contributed by atoms with van der Waals surface area (Å²) in [5.74, 6) is -0.472. The first-order chi connectivity index (χ1) is 8.51. The van der Waals surface area contributed by atoms with Gasteiger partial charge in [0.25, 0.3) is 0 Å². The van der Waals surface area contributed by atoms with E-state index in [9.17, 15) is 14.4 Å². The zero-order valence-corrected chi connectivity index (χ0v) is 11.6. The fraction of sp³-hybridized carbons (Fsp3) is 0.727. The lowest BCUT2D eigenvalue weighted by Gasteiger charge is -2.25. The van der Waals surface area contributed by atoms with Gasteiger partial charge in [-0.3, -0.25) is 9.59 Å². The van der Waals surface area contributed by atoms with Crippen molar-refractivity contribution < 1.29 is 19.1 Å². The Morgan fingerprint density at radius 2 is 2.11 bits per heavy atom. The van der Waals surface area contributed by atoms with Crippen LogP contribution in [0.25, 0.3) is 0 Å². The maximum Gasteiger partial charge on any atom is 0.330 e. The van der Waals surface area contributed by atoms with Crippen LogP contribution in [0.1, 0.15) is 13.3 Å². The fourth-order valence-corrected chi connectivity index (χ4v) is 2.43. The van der Waals surface area contributed by atoms with Gasteiger partial charge >= 0.3 is 5.97 Å². The highest BCUT2D eigenvalue weighted by Crippen LogP contribution is 2.19. The maximum atomic E-state index is 11.7. The van der Waals surface area contributed by atoms with Gasteiger partial charge in [-0.25, -0.2) is 4.79 Å². The number of esters is 1. The number of likely N-dealkylation sites (tertiary alicyclic amines) is 1. The Labute approximate surface area is 110 Å². The fourth-order valence-electron chi connectivity index (χ4n) is 2.09. The summed E-state index contributed by atoms with van der Waals surface area (Å²) in [7, 11) is 1.28.